The summed E-state index contributed by atoms with van der Waals surface area (Å²) in [7, 11) is 1.77. The Hall–Kier alpha value is -1.69. The van der Waals surface area contributed by atoms with Gasteiger partial charge in [-0.2, -0.15) is 0 Å². The molecule has 0 radical (unpaired) electrons. The van der Waals surface area contributed by atoms with Gasteiger partial charge in [0.15, 0.2) is 0 Å². The van der Waals surface area contributed by atoms with Crippen molar-refractivity contribution in [1.29, 1.82) is 0 Å². The molecule has 1 aliphatic heterocycles. The molecule has 6 heteroatoms. The van der Waals surface area contributed by atoms with Crippen LogP contribution in [-0.2, 0) is 4.79 Å². The first kappa shape index (κ1) is 23.3. The minimum Gasteiger partial charge on any atom is -0.352 e. The van der Waals surface area contributed by atoms with Crippen molar-refractivity contribution in [2.75, 3.05) is 33.2 Å². The highest BCUT2D eigenvalue weighted by Gasteiger charge is 2.25. The number of allylic oxidation sites excluding steroid dienone is 1. The van der Waals surface area contributed by atoms with E-state index < -0.39 is 0 Å². The van der Waals surface area contributed by atoms with E-state index in [2.05, 4.69) is 60.6 Å². The van der Waals surface area contributed by atoms with Crippen LogP contribution in [0.25, 0.3) is 0 Å². The highest BCUT2D eigenvalue weighted by atomic mass is 16.1. The van der Waals surface area contributed by atoms with Crippen molar-refractivity contribution in [3.05, 3.63) is 11.3 Å². The van der Waals surface area contributed by atoms with E-state index in [1.807, 2.05) is 6.92 Å². The first-order chi connectivity index (χ1) is 12.7. The molecule has 0 saturated carbocycles. The van der Waals surface area contributed by atoms with Crippen molar-refractivity contribution in [3.63, 3.8) is 0 Å². The van der Waals surface area contributed by atoms with Crippen molar-refractivity contribution < 1.29 is 4.79 Å². The van der Waals surface area contributed by atoms with Gasteiger partial charge in [0.05, 0.1) is 17.7 Å². The predicted molar refractivity (Wildman–Crippen MR) is 115 cm³/mol. The van der Waals surface area contributed by atoms with Crippen LogP contribution in [0.5, 0.6) is 0 Å². The molecule has 1 aliphatic rings. The Kier molecular flexibility index (Phi) is 9.70. The smallest absolute Gasteiger partial charge is 0.249 e. The lowest BCUT2D eigenvalue weighted by atomic mass is 9.86. The maximum absolute atomic E-state index is 12.6. The van der Waals surface area contributed by atoms with E-state index in [1.54, 1.807) is 13.4 Å². The molecule has 0 bridgehead atoms. The number of hydrogen-bond donors (Lipinski definition) is 3. The topological polar surface area (TPSA) is 77.9 Å². The van der Waals surface area contributed by atoms with Gasteiger partial charge in [0.2, 0.25) is 5.91 Å². The fourth-order valence-electron chi connectivity index (χ4n) is 3.10. The minimum atomic E-state index is -0.181. The SMILES string of the molecule is CN=C(/C(NC=NCC1CCNCC1)=C(\C)C(=O)NCC(C)C)C(C)(C)C. The second-order valence-electron chi connectivity index (χ2n) is 8.76. The lowest BCUT2D eigenvalue weighted by Gasteiger charge is -2.25. The molecule has 1 rings (SSSR count). The van der Waals surface area contributed by atoms with E-state index in [1.165, 1.54) is 12.8 Å². The predicted octanol–water partition coefficient (Wildman–Crippen LogP) is 2.77. The summed E-state index contributed by atoms with van der Waals surface area (Å²) in [5.74, 6) is 0.976. The summed E-state index contributed by atoms with van der Waals surface area (Å²) in [5, 5.41) is 9.63. The minimum absolute atomic E-state index is 0.0663. The maximum Gasteiger partial charge on any atom is 0.249 e. The number of amides is 1. The van der Waals surface area contributed by atoms with Gasteiger partial charge in [0.25, 0.3) is 0 Å². The van der Waals surface area contributed by atoms with E-state index >= 15 is 0 Å². The van der Waals surface area contributed by atoms with Crippen molar-refractivity contribution in [2.24, 2.45) is 27.2 Å². The first-order valence-corrected chi connectivity index (χ1v) is 10.1. The quantitative estimate of drug-likeness (QED) is 0.346. The molecule has 0 aromatic heterocycles. The summed E-state index contributed by atoms with van der Waals surface area (Å²) in [5.41, 5.74) is 2.08. The Morgan fingerprint density at radius 3 is 2.41 bits per heavy atom. The van der Waals surface area contributed by atoms with Gasteiger partial charge in [-0.3, -0.25) is 14.8 Å². The lowest BCUT2D eigenvalue weighted by molar-refractivity contribution is -0.117. The average molecular weight is 378 g/mol. The van der Waals surface area contributed by atoms with Crippen LogP contribution in [0.15, 0.2) is 21.3 Å². The van der Waals surface area contributed by atoms with Gasteiger partial charge in [-0.05, 0) is 44.7 Å². The lowest BCUT2D eigenvalue weighted by Crippen LogP contribution is -2.35. The third-order valence-electron chi connectivity index (χ3n) is 4.68. The fourth-order valence-corrected chi connectivity index (χ4v) is 3.10. The monoisotopic (exact) mass is 377 g/mol. The molecule has 0 unspecified atom stereocenters. The van der Waals surface area contributed by atoms with Crippen LogP contribution in [0.4, 0.5) is 0 Å². The van der Waals surface area contributed by atoms with Gasteiger partial charge in [0.1, 0.15) is 0 Å². The molecule has 1 fully saturated rings. The van der Waals surface area contributed by atoms with Crippen LogP contribution in [0.1, 0.15) is 54.4 Å². The molecule has 6 nitrogen and oxygen atoms in total. The van der Waals surface area contributed by atoms with Gasteiger partial charge < -0.3 is 16.0 Å². The first-order valence-electron chi connectivity index (χ1n) is 10.1. The van der Waals surface area contributed by atoms with Crippen LogP contribution in [-0.4, -0.2) is 51.2 Å². The third kappa shape index (κ3) is 8.24. The molecule has 0 aromatic rings. The number of nitrogens with zero attached hydrogens (tertiary/aromatic N) is 2. The third-order valence-corrected chi connectivity index (χ3v) is 4.68. The second kappa shape index (κ2) is 11.2. The number of carbonyl (C=O) groups is 1. The normalized spacial score (nSPS) is 18.0. The summed E-state index contributed by atoms with van der Waals surface area (Å²) in [4.78, 5) is 21.6. The van der Waals surface area contributed by atoms with E-state index in [0.717, 1.165) is 31.0 Å². The van der Waals surface area contributed by atoms with Crippen LogP contribution >= 0.6 is 0 Å². The molecule has 1 saturated heterocycles. The highest BCUT2D eigenvalue weighted by molar-refractivity contribution is 6.10. The Morgan fingerprint density at radius 1 is 1.26 bits per heavy atom. The maximum atomic E-state index is 12.6. The standard InChI is InChI=1S/C21H39N5O/c1-15(2)12-25-20(27)16(3)18(19(22-7)21(4,5)6)26-14-24-13-17-8-10-23-11-9-17/h14-15,17,23H,8-13H2,1-7H3,(H,24,26)(H,25,27)/b18-16-,22-19?. The fraction of sp³-hybridized carbons (Fsp3) is 0.762. The molecule has 1 heterocycles. The largest absolute Gasteiger partial charge is 0.352 e. The molecule has 1 amide bonds. The molecule has 0 atom stereocenters. The molecular weight excluding hydrogens is 338 g/mol. The Labute approximate surface area is 165 Å². The van der Waals surface area contributed by atoms with E-state index in [-0.39, 0.29) is 11.3 Å². The highest BCUT2D eigenvalue weighted by Crippen LogP contribution is 2.22. The summed E-state index contributed by atoms with van der Waals surface area (Å²) in [6.07, 6.45) is 4.06. The zero-order valence-electron chi connectivity index (χ0n) is 18.3. The van der Waals surface area contributed by atoms with E-state index in [0.29, 0.717) is 24.0 Å². The van der Waals surface area contributed by atoms with Gasteiger partial charge in [-0.1, -0.05) is 34.6 Å². The van der Waals surface area contributed by atoms with Gasteiger partial charge >= 0.3 is 0 Å². The van der Waals surface area contributed by atoms with Crippen LogP contribution in [0, 0.1) is 17.3 Å². The van der Waals surface area contributed by atoms with Crippen molar-refractivity contribution in [1.82, 2.24) is 16.0 Å². The van der Waals surface area contributed by atoms with Gasteiger partial charge in [-0.15, -0.1) is 0 Å². The van der Waals surface area contributed by atoms with Gasteiger partial charge in [0, 0.05) is 31.1 Å². The molecular formula is C21H39N5O. The second-order valence-corrected chi connectivity index (χ2v) is 8.76. The number of hydrogen-bond acceptors (Lipinski definition) is 4. The number of aliphatic imine (C=N–C) groups is 2. The number of rotatable bonds is 8. The van der Waals surface area contributed by atoms with Crippen molar-refractivity contribution in [2.45, 2.75) is 54.4 Å². The molecule has 0 aliphatic carbocycles. The molecule has 3 N–H and O–H groups in total. The molecule has 27 heavy (non-hydrogen) atoms. The summed E-state index contributed by atoms with van der Waals surface area (Å²) < 4.78 is 0. The zero-order chi connectivity index (χ0) is 20.4. The van der Waals surface area contributed by atoms with Crippen LogP contribution in [0.2, 0.25) is 0 Å². The Bertz CT molecular complexity index is 564. The molecule has 0 spiro atoms. The summed E-state index contributed by atoms with van der Waals surface area (Å²) >= 11 is 0. The number of nitrogens with one attached hydrogen (secondary N) is 3. The van der Waals surface area contributed by atoms with Crippen molar-refractivity contribution in [3.8, 4) is 0 Å². The van der Waals surface area contributed by atoms with E-state index in [4.69, 9.17) is 0 Å². The Balaban J connectivity index is 2.93. The summed E-state index contributed by atoms with van der Waals surface area (Å²) in [6.45, 7) is 15.9. The van der Waals surface area contributed by atoms with Crippen LogP contribution in [0.3, 0.4) is 0 Å². The number of carbonyl (C=O) groups excluding carboxylic acids is 1. The van der Waals surface area contributed by atoms with Gasteiger partial charge in [-0.25, -0.2) is 0 Å². The van der Waals surface area contributed by atoms with Crippen molar-refractivity contribution >= 4 is 18.0 Å². The van der Waals surface area contributed by atoms with Crippen LogP contribution < -0.4 is 16.0 Å². The summed E-state index contributed by atoms with van der Waals surface area (Å²) in [6, 6.07) is 0. The average Bonchev–Trinajstić information content (AvgIpc) is 2.61. The van der Waals surface area contributed by atoms with E-state index in [9.17, 15) is 4.79 Å². The zero-order valence-corrected chi connectivity index (χ0v) is 18.3. The molecule has 0 aromatic carbocycles. The molecule has 154 valence electrons. The number of piperidine rings is 1. The Morgan fingerprint density at radius 2 is 1.89 bits per heavy atom.